The van der Waals surface area contributed by atoms with E-state index >= 15 is 0 Å². The molecule has 1 N–H and O–H groups in total. The zero-order valence-corrected chi connectivity index (χ0v) is 12.2. The van der Waals surface area contributed by atoms with Gasteiger partial charge < -0.3 is 10.2 Å². The highest BCUT2D eigenvalue weighted by atomic mass is 16.2. The number of aryl methyl sites for hydroxylation is 1. The Morgan fingerprint density at radius 2 is 2.10 bits per heavy atom. The third-order valence-corrected chi connectivity index (χ3v) is 3.82. The Morgan fingerprint density at radius 3 is 2.85 bits per heavy atom. The van der Waals surface area contributed by atoms with Crippen LogP contribution in [0.5, 0.6) is 0 Å². The number of fused-ring (bicyclic) bond motifs is 1. The molecule has 106 valence electrons. The number of hydrogen-bond acceptors (Lipinski definition) is 3. The highest BCUT2D eigenvalue weighted by molar-refractivity contribution is 6.04. The molecule has 0 bridgehead atoms. The summed E-state index contributed by atoms with van der Waals surface area (Å²) >= 11 is 0. The Hall–Kier alpha value is -1.88. The molecule has 0 radical (unpaired) electrons. The molecule has 5 heteroatoms. The fourth-order valence-corrected chi connectivity index (χ4v) is 2.84. The first kappa shape index (κ1) is 13.1. The van der Waals surface area contributed by atoms with E-state index in [4.69, 9.17) is 0 Å². The van der Waals surface area contributed by atoms with Crippen LogP contribution in [0, 0.1) is 0 Å². The summed E-state index contributed by atoms with van der Waals surface area (Å²) in [5, 5.41) is 8.76. The van der Waals surface area contributed by atoms with Gasteiger partial charge in [0.15, 0.2) is 5.69 Å². The molecule has 0 aliphatic carbocycles. The van der Waals surface area contributed by atoms with Crippen molar-refractivity contribution in [2.75, 3.05) is 19.6 Å². The van der Waals surface area contributed by atoms with Crippen LogP contribution in [-0.2, 0) is 7.05 Å². The fourth-order valence-electron chi connectivity index (χ4n) is 2.84. The minimum atomic E-state index is -0.0432. The first-order chi connectivity index (χ1) is 9.48. The SMILES string of the molecule is Cn1nc(C(=O)N2CCNC(C)(C)C2)c2ccccc21. The van der Waals surface area contributed by atoms with Gasteiger partial charge in [0, 0.05) is 37.6 Å². The number of carbonyl (C=O) groups excluding carboxylic acids is 1. The van der Waals surface area contributed by atoms with Gasteiger partial charge in [-0.05, 0) is 19.9 Å². The van der Waals surface area contributed by atoms with Crippen LogP contribution in [0.1, 0.15) is 24.3 Å². The summed E-state index contributed by atoms with van der Waals surface area (Å²) in [5.41, 5.74) is 1.50. The molecular weight excluding hydrogens is 252 g/mol. The van der Waals surface area contributed by atoms with Gasteiger partial charge in [-0.15, -0.1) is 0 Å². The molecule has 0 unspecified atom stereocenters. The number of aromatic nitrogens is 2. The number of carbonyl (C=O) groups is 1. The quantitative estimate of drug-likeness (QED) is 0.853. The summed E-state index contributed by atoms with van der Waals surface area (Å²) in [5.74, 6) is 0.0244. The zero-order valence-electron chi connectivity index (χ0n) is 12.2. The molecular formula is C15H20N4O. The molecule has 1 aromatic carbocycles. The fraction of sp³-hybridized carbons (Fsp3) is 0.467. The highest BCUT2D eigenvalue weighted by Crippen LogP contribution is 2.20. The third-order valence-electron chi connectivity index (χ3n) is 3.82. The lowest BCUT2D eigenvalue weighted by molar-refractivity contribution is 0.0647. The minimum absolute atomic E-state index is 0.0244. The molecule has 2 heterocycles. The van der Waals surface area contributed by atoms with Gasteiger partial charge in [-0.1, -0.05) is 18.2 Å². The van der Waals surface area contributed by atoms with E-state index in [0.717, 1.165) is 24.0 Å². The summed E-state index contributed by atoms with van der Waals surface area (Å²) in [6, 6.07) is 7.86. The smallest absolute Gasteiger partial charge is 0.275 e. The molecule has 3 rings (SSSR count). The second kappa shape index (κ2) is 4.59. The van der Waals surface area contributed by atoms with Crippen molar-refractivity contribution in [3.05, 3.63) is 30.0 Å². The van der Waals surface area contributed by atoms with E-state index in [0.29, 0.717) is 12.2 Å². The normalized spacial score (nSPS) is 18.4. The van der Waals surface area contributed by atoms with Crippen LogP contribution in [0.3, 0.4) is 0 Å². The van der Waals surface area contributed by atoms with E-state index < -0.39 is 0 Å². The molecule has 1 aliphatic heterocycles. The van der Waals surface area contributed by atoms with Crippen molar-refractivity contribution in [2.45, 2.75) is 19.4 Å². The molecule has 1 amide bonds. The Morgan fingerprint density at radius 1 is 1.35 bits per heavy atom. The molecule has 0 atom stereocenters. The Balaban J connectivity index is 1.97. The maximum atomic E-state index is 12.7. The first-order valence-electron chi connectivity index (χ1n) is 6.94. The Bertz CT molecular complexity index is 659. The van der Waals surface area contributed by atoms with Crippen molar-refractivity contribution in [3.63, 3.8) is 0 Å². The summed E-state index contributed by atoms with van der Waals surface area (Å²) < 4.78 is 1.77. The van der Waals surface area contributed by atoms with Gasteiger partial charge in [0.2, 0.25) is 0 Å². The Labute approximate surface area is 118 Å². The van der Waals surface area contributed by atoms with Crippen LogP contribution >= 0.6 is 0 Å². The van der Waals surface area contributed by atoms with E-state index in [2.05, 4.69) is 24.3 Å². The van der Waals surface area contributed by atoms with Gasteiger partial charge in [-0.2, -0.15) is 5.10 Å². The van der Waals surface area contributed by atoms with E-state index in [1.165, 1.54) is 0 Å². The van der Waals surface area contributed by atoms with Gasteiger partial charge >= 0.3 is 0 Å². The van der Waals surface area contributed by atoms with Crippen LogP contribution in [-0.4, -0.2) is 45.8 Å². The second-order valence-corrected chi connectivity index (χ2v) is 6.03. The number of nitrogens with one attached hydrogen (secondary N) is 1. The largest absolute Gasteiger partial charge is 0.334 e. The summed E-state index contributed by atoms with van der Waals surface area (Å²) in [6.45, 7) is 6.49. The number of benzene rings is 1. The number of amides is 1. The lowest BCUT2D eigenvalue weighted by atomic mass is 10.0. The van der Waals surface area contributed by atoms with Crippen LogP contribution in [0.4, 0.5) is 0 Å². The summed E-state index contributed by atoms with van der Waals surface area (Å²) in [6.07, 6.45) is 0. The van der Waals surface area contributed by atoms with Crippen molar-refractivity contribution in [2.24, 2.45) is 7.05 Å². The average molecular weight is 272 g/mol. The standard InChI is InChI=1S/C15H20N4O/c1-15(2)10-19(9-8-16-15)14(20)13-11-6-4-5-7-12(11)18(3)17-13/h4-7,16H,8-10H2,1-3H3. The van der Waals surface area contributed by atoms with Gasteiger partial charge in [-0.25, -0.2) is 0 Å². The highest BCUT2D eigenvalue weighted by Gasteiger charge is 2.30. The number of piperazine rings is 1. The summed E-state index contributed by atoms with van der Waals surface area (Å²) in [7, 11) is 1.88. The molecule has 1 saturated heterocycles. The number of rotatable bonds is 1. The summed E-state index contributed by atoms with van der Waals surface area (Å²) in [4.78, 5) is 14.6. The van der Waals surface area contributed by atoms with Crippen molar-refractivity contribution >= 4 is 16.8 Å². The second-order valence-electron chi connectivity index (χ2n) is 6.03. The maximum absolute atomic E-state index is 12.7. The van der Waals surface area contributed by atoms with Crippen molar-refractivity contribution in [3.8, 4) is 0 Å². The number of nitrogens with zero attached hydrogens (tertiary/aromatic N) is 3. The van der Waals surface area contributed by atoms with Crippen LogP contribution in [0.2, 0.25) is 0 Å². The van der Waals surface area contributed by atoms with Crippen molar-refractivity contribution < 1.29 is 4.79 Å². The molecule has 2 aromatic rings. The molecule has 0 saturated carbocycles. The van der Waals surface area contributed by atoms with E-state index in [1.807, 2.05) is 36.2 Å². The zero-order chi connectivity index (χ0) is 14.3. The molecule has 20 heavy (non-hydrogen) atoms. The van der Waals surface area contributed by atoms with Crippen LogP contribution in [0.25, 0.3) is 10.9 Å². The number of para-hydroxylation sites is 1. The molecule has 1 fully saturated rings. The van der Waals surface area contributed by atoms with E-state index in [9.17, 15) is 4.79 Å². The van der Waals surface area contributed by atoms with Crippen LogP contribution < -0.4 is 5.32 Å². The predicted octanol–water partition coefficient (Wildman–Crippen LogP) is 1.40. The predicted molar refractivity (Wildman–Crippen MR) is 78.7 cm³/mol. The average Bonchev–Trinajstić information content (AvgIpc) is 2.75. The van der Waals surface area contributed by atoms with Crippen LogP contribution in [0.15, 0.2) is 24.3 Å². The van der Waals surface area contributed by atoms with Crippen molar-refractivity contribution in [1.82, 2.24) is 20.0 Å². The molecule has 1 aliphatic rings. The third kappa shape index (κ3) is 2.18. The van der Waals surface area contributed by atoms with Gasteiger partial charge in [0.05, 0.1) is 5.52 Å². The van der Waals surface area contributed by atoms with E-state index in [1.54, 1.807) is 4.68 Å². The molecule has 1 aromatic heterocycles. The minimum Gasteiger partial charge on any atom is -0.334 e. The topological polar surface area (TPSA) is 50.2 Å². The monoisotopic (exact) mass is 272 g/mol. The molecule has 5 nitrogen and oxygen atoms in total. The van der Waals surface area contributed by atoms with Gasteiger partial charge in [0.25, 0.3) is 5.91 Å². The Kier molecular flexibility index (Phi) is 3.01. The first-order valence-corrected chi connectivity index (χ1v) is 6.94. The maximum Gasteiger partial charge on any atom is 0.275 e. The van der Waals surface area contributed by atoms with Gasteiger partial charge in [0.1, 0.15) is 0 Å². The molecule has 0 spiro atoms. The van der Waals surface area contributed by atoms with E-state index in [-0.39, 0.29) is 11.4 Å². The lowest BCUT2D eigenvalue weighted by Crippen LogP contribution is -2.58. The number of hydrogen-bond donors (Lipinski definition) is 1. The van der Waals surface area contributed by atoms with Gasteiger partial charge in [-0.3, -0.25) is 9.48 Å². The van der Waals surface area contributed by atoms with Crippen molar-refractivity contribution in [1.29, 1.82) is 0 Å². The lowest BCUT2D eigenvalue weighted by Gasteiger charge is -2.38.